The Kier molecular flexibility index (Phi) is 5.60. The van der Waals surface area contributed by atoms with Gasteiger partial charge in [0.05, 0.1) is 17.5 Å². The van der Waals surface area contributed by atoms with Crippen molar-refractivity contribution in [2.24, 2.45) is 0 Å². The molecule has 1 atom stereocenters. The van der Waals surface area contributed by atoms with Gasteiger partial charge < -0.3 is 15.4 Å². The van der Waals surface area contributed by atoms with E-state index < -0.39 is 5.25 Å². The monoisotopic (exact) mass is 356 g/mol. The Morgan fingerprint density at radius 1 is 1.24 bits per heavy atom. The van der Waals surface area contributed by atoms with E-state index in [0.717, 1.165) is 21.9 Å². The van der Waals surface area contributed by atoms with E-state index in [1.165, 1.54) is 11.8 Å². The van der Waals surface area contributed by atoms with Crippen molar-refractivity contribution < 1.29 is 14.3 Å². The van der Waals surface area contributed by atoms with Gasteiger partial charge in [-0.3, -0.25) is 9.59 Å². The fraction of sp³-hybridized carbons (Fsp3) is 0.263. The molecule has 2 aromatic carbocycles. The lowest BCUT2D eigenvalue weighted by Crippen LogP contribution is -2.36. The third kappa shape index (κ3) is 4.76. The number of hydrogen-bond acceptors (Lipinski definition) is 4. The van der Waals surface area contributed by atoms with Crippen LogP contribution in [0.15, 0.2) is 53.4 Å². The first-order valence-corrected chi connectivity index (χ1v) is 9.02. The standard InChI is InChI=1S/C19H20N2O3S/c1-13-5-4-6-14(11-13)24-10-9-20-18(22)12-17-19(23)21-15-7-2-3-8-16(15)25-17/h2-8,11,17H,9-10,12H2,1H3,(H,20,22)(H,21,23)/t17-/m0/s1. The van der Waals surface area contributed by atoms with Gasteiger partial charge in [-0.25, -0.2) is 0 Å². The summed E-state index contributed by atoms with van der Waals surface area (Å²) >= 11 is 1.43. The minimum absolute atomic E-state index is 0.130. The molecule has 2 aromatic rings. The lowest BCUT2D eigenvalue weighted by Gasteiger charge is -2.23. The lowest BCUT2D eigenvalue weighted by molar-refractivity contribution is -0.124. The molecule has 0 aromatic heterocycles. The fourth-order valence-electron chi connectivity index (χ4n) is 2.53. The highest BCUT2D eigenvalue weighted by Gasteiger charge is 2.28. The van der Waals surface area contributed by atoms with Gasteiger partial charge in [-0.15, -0.1) is 11.8 Å². The Bertz CT molecular complexity index is 779. The van der Waals surface area contributed by atoms with Crippen molar-refractivity contribution >= 4 is 29.3 Å². The smallest absolute Gasteiger partial charge is 0.238 e. The number of carbonyl (C=O) groups excluding carboxylic acids is 2. The molecule has 2 N–H and O–H groups in total. The zero-order valence-corrected chi connectivity index (χ0v) is 14.8. The Morgan fingerprint density at radius 2 is 2.08 bits per heavy atom. The van der Waals surface area contributed by atoms with Crippen LogP contribution in [-0.2, 0) is 9.59 Å². The molecule has 0 bridgehead atoms. The van der Waals surface area contributed by atoms with E-state index >= 15 is 0 Å². The summed E-state index contributed by atoms with van der Waals surface area (Å²) in [6.07, 6.45) is 0.148. The maximum atomic E-state index is 12.1. The van der Waals surface area contributed by atoms with Gasteiger partial charge in [-0.1, -0.05) is 24.3 Å². The number of carbonyl (C=O) groups is 2. The van der Waals surface area contributed by atoms with E-state index in [0.29, 0.717) is 13.2 Å². The molecule has 0 saturated carbocycles. The Morgan fingerprint density at radius 3 is 2.92 bits per heavy atom. The number of benzene rings is 2. The number of anilines is 1. The van der Waals surface area contributed by atoms with Gasteiger partial charge in [0.1, 0.15) is 12.4 Å². The molecule has 0 saturated heterocycles. The Labute approximate surface area is 151 Å². The fourth-order valence-corrected chi connectivity index (χ4v) is 3.64. The van der Waals surface area contributed by atoms with Crippen LogP contribution in [-0.4, -0.2) is 30.2 Å². The number of nitrogens with one attached hydrogen (secondary N) is 2. The average Bonchev–Trinajstić information content (AvgIpc) is 2.59. The second kappa shape index (κ2) is 8.07. The highest BCUT2D eigenvalue weighted by atomic mass is 32.2. The molecule has 0 aliphatic carbocycles. The second-order valence-corrected chi connectivity index (χ2v) is 7.06. The quantitative estimate of drug-likeness (QED) is 0.781. The predicted molar refractivity (Wildman–Crippen MR) is 99.0 cm³/mol. The van der Waals surface area contributed by atoms with E-state index in [2.05, 4.69) is 10.6 Å². The van der Waals surface area contributed by atoms with Crippen molar-refractivity contribution in [1.29, 1.82) is 0 Å². The summed E-state index contributed by atoms with van der Waals surface area (Å²) in [5.74, 6) is 0.503. The number of thioether (sulfide) groups is 1. The molecule has 25 heavy (non-hydrogen) atoms. The lowest BCUT2D eigenvalue weighted by atomic mass is 10.2. The van der Waals surface area contributed by atoms with Gasteiger partial charge in [0, 0.05) is 11.3 Å². The maximum absolute atomic E-state index is 12.1. The summed E-state index contributed by atoms with van der Waals surface area (Å²) in [5.41, 5.74) is 1.93. The minimum Gasteiger partial charge on any atom is -0.492 e. The number of ether oxygens (including phenoxy) is 1. The Balaban J connectivity index is 1.43. The highest BCUT2D eigenvalue weighted by molar-refractivity contribution is 8.01. The van der Waals surface area contributed by atoms with Crippen LogP contribution in [0.3, 0.4) is 0 Å². The van der Waals surface area contributed by atoms with E-state index in [1.807, 2.05) is 55.5 Å². The van der Waals surface area contributed by atoms with Crippen molar-refractivity contribution in [1.82, 2.24) is 5.32 Å². The summed E-state index contributed by atoms with van der Waals surface area (Å²) in [6.45, 7) is 2.80. The number of hydrogen-bond donors (Lipinski definition) is 2. The van der Waals surface area contributed by atoms with Gasteiger partial charge in [0.15, 0.2) is 0 Å². The topological polar surface area (TPSA) is 67.4 Å². The molecule has 0 spiro atoms. The van der Waals surface area contributed by atoms with Gasteiger partial charge in [-0.2, -0.15) is 0 Å². The second-order valence-electron chi connectivity index (χ2n) is 5.81. The van der Waals surface area contributed by atoms with Crippen molar-refractivity contribution in [2.45, 2.75) is 23.5 Å². The van der Waals surface area contributed by atoms with Crippen LogP contribution >= 0.6 is 11.8 Å². The van der Waals surface area contributed by atoms with Crippen molar-refractivity contribution in [3.63, 3.8) is 0 Å². The molecule has 1 aliphatic rings. The number of aryl methyl sites for hydroxylation is 1. The molecule has 0 unspecified atom stereocenters. The third-order valence-electron chi connectivity index (χ3n) is 3.76. The summed E-state index contributed by atoms with van der Waals surface area (Å²) in [6, 6.07) is 15.4. The first kappa shape index (κ1) is 17.4. The van der Waals surface area contributed by atoms with E-state index in [-0.39, 0.29) is 18.2 Å². The molecule has 0 radical (unpaired) electrons. The molecule has 2 amide bonds. The van der Waals surface area contributed by atoms with Crippen LogP contribution in [0.2, 0.25) is 0 Å². The zero-order chi connectivity index (χ0) is 17.6. The maximum Gasteiger partial charge on any atom is 0.238 e. The van der Waals surface area contributed by atoms with Crippen molar-refractivity contribution in [3.05, 3.63) is 54.1 Å². The van der Waals surface area contributed by atoms with Crippen LogP contribution in [0.5, 0.6) is 5.75 Å². The van der Waals surface area contributed by atoms with Crippen molar-refractivity contribution in [2.75, 3.05) is 18.5 Å². The highest BCUT2D eigenvalue weighted by Crippen LogP contribution is 2.36. The Hall–Kier alpha value is -2.47. The van der Waals surface area contributed by atoms with Gasteiger partial charge >= 0.3 is 0 Å². The first-order valence-electron chi connectivity index (χ1n) is 8.14. The number of fused-ring (bicyclic) bond motifs is 1. The number of para-hydroxylation sites is 1. The number of amides is 2. The summed E-state index contributed by atoms with van der Waals surface area (Å²) < 4.78 is 5.60. The molecule has 5 nitrogen and oxygen atoms in total. The SMILES string of the molecule is Cc1cccc(OCCNC(=O)C[C@@H]2Sc3ccccc3NC2=O)c1. The predicted octanol–water partition coefficient (Wildman–Crippen LogP) is 2.99. The van der Waals surface area contributed by atoms with Crippen LogP contribution < -0.4 is 15.4 Å². The van der Waals surface area contributed by atoms with Gasteiger partial charge in [-0.05, 0) is 36.8 Å². The number of rotatable bonds is 6. The molecular formula is C19H20N2O3S. The first-order chi connectivity index (χ1) is 12.1. The summed E-state index contributed by atoms with van der Waals surface area (Å²) in [4.78, 5) is 25.2. The molecular weight excluding hydrogens is 336 g/mol. The van der Waals surface area contributed by atoms with Crippen LogP contribution in [0.25, 0.3) is 0 Å². The largest absolute Gasteiger partial charge is 0.492 e. The van der Waals surface area contributed by atoms with Gasteiger partial charge in [0.25, 0.3) is 0 Å². The van der Waals surface area contributed by atoms with Gasteiger partial charge in [0.2, 0.25) is 11.8 Å². The van der Waals surface area contributed by atoms with Crippen LogP contribution in [0.1, 0.15) is 12.0 Å². The normalized spacial score (nSPS) is 15.9. The van der Waals surface area contributed by atoms with E-state index in [9.17, 15) is 9.59 Å². The van der Waals surface area contributed by atoms with Crippen molar-refractivity contribution in [3.8, 4) is 5.75 Å². The average molecular weight is 356 g/mol. The molecule has 3 rings (SSSR count). The summed E-state index contributed by atoms with van der Waals surface area (Å²) in [7, 11) is 0. The molecule has 0 fully saturated rings. The third-order valence-corrected chi connectivity index (χ3v) is 5.04. The van der Waals surface area contributed by atoms with Crippen LogP contribution in [0.4, 0.5) is 5.69 Å². The molecule has 1 aliphatic heterocycles. The van der Waals surface area contributed by atoms with E-state index in [4.69, 9.17) is 4.74 Å². The molecule has 6 heteroatoms. The molecule has 1 heterocycles. The van der Waals surface area contributed by atoms with E-state index in [1.54, 1.807) is 0 Å². The molecule has 130 valence electrons. The zero-order valence-electron chi connectivity index (χ0n) is 14.0. The summed E-state index contributed by atoms with van der Waals surface area (Å²) in [5, 5.41) is 5.24. The minimum atomic E-state index is -0.410. The van der Waals surface area contributed by atoms with Crippen LogP contribution in [0, 0.1) is 6.92 Å².